The first kappa shape index (κ1) is 26.0. The molecule has 8 aromatic carbocycles. The summed E-state index contributed by atoms with van der Waals surface area (Å²) >= 11 is 0. The summed E-state index contributed by atoms with van der Waals surface area (Å²) in [5, 5.41) is 7.67. The van der Waals surface area contributed by atoms with E-state index in [1.165, 1.54) is 88.0 Å². The highest BCUT2D eigenvalue weighted by molar-refractivity contribution is 6.23. The van der Waals surface area contributed by atoms with E-state index in [0.29, 0.717) is 0 Å². The molecule has 0 saturated heterocycles. The van der Waals surface area contributed by atoms with Gasteiger partial charge < -0.3 is 0 Å². The second-order valence-corrected chi connectivity index (χ2v) is 12.9. The summed E-state index contributed by atoms with van der Waals surface area (Å²) in [6, 6.07) is 58.4. The minimum atomic E-state index is -0.0244. The van der Waals surface area contributed by atoms with Crippen molar-refractivity contribution in [1.29, 1.82) is 0 Å². The Hall–Kier alpha value is -5.46. The molecule has 45 heavy (non-hydrogen) atoms. The second kappa shape index (κ2) is 9.78. The molecule has 0 heterocycles. The molecule has 212 valence electrons. The van der Waals surface area contributed by atoms with E-state index in [0.717, 1.165) is 0 Å². The van der Waals surface area contributed by atoms with Crippen LogP contribution < -0.4 is 0 Å². The SMILES string of the molecule is CC1(C)c2ccccc2-c2ccc(-c3cccc(-c4c5ccccc5c(-c5cccc6ccccc56)c5ccccc45)c3)cc21. The van der Waals surface area contributed by atoms with Crippen molar-refractivity contribution in [1.82, 2.24) is 0 Å². The van der Waals surface area contributed by atoms with E-state index < -0.39 is 0 Å². The Labute approximate surface area is 264 Å². The fourth-order valence-corrected chi connectivity index (χ4v) is 7.91. The summed E-state index contributed by atoms with van der Waals surface area (Å²) in [7, 11) is 0. The van der Waals surface area contributed by atoms with Crippen LogP contribution in [0.3, 0.4) is 0 Å². The summed E-state index contributed by atoms with van der Waals surface area (Å²) < 4.78 is 0. The van der Waals surface area contributed by atoms with E-state index in [4.69, 9.17) is 0 Å². The van der Waals surface area contributed by atoms with Gasteiger partial charge in [-0.1, -0.05) is 159 Å². The molecule has 1 aliphatic carbocycles. The van der Waals surface area contributed by atoms with Crippen LogP contribution in [0.5, 0.6) is 0 Å². The van der Waals surface area contributed by atoms with Gasteiger partial charge in [-0.15, -0.1) is 0 Å². The maximum atomic E-state index is 2.42. The predicted octanol–water partition coefficient (Wildman–Crippen LogP) is 12.5. The quantitative estimate of drug-likeness (QED) is 0.185. The van der Waals surface area contributed by atoms with Gasteiger partial charge in [-0.2, -0.15) is 0 Å². The highest BCUT2D eigenvalue weighted by Crippen LogP contribution is 2.50. The third kappa shape index (κ3) is 3.85. The molecule has 0 atom stereocenters. The van der Waals surface area contributed by atoms with Crippen molar-refractivity contribution in [2.45, 2.75) is 19.3 Å². The van der Waals surface area contributed by atoms with Crippen LogP contribution in [-0.4, -0.2) is 0 Å². The molecule has 9 rings (SSSR count). The molecule has 0 heteroatoms. The van der Waals surface area contributed by atoms with Crippen LogP contribution in [0.2, 0.25) is 0 Å². The summed E-state index contributed by atoms with van der Waals surface area (Å²) in [5.41, 5.74) is 13.1. The van der Waals surface area contributed by atoms with Gasteiger partial charge in [-0.3, -0.25) is 0 Å². The number of benzene rings is 8. The van der Waals surface area contributed by atoms with E-state index in [-0.39, 0.29) is 5.41 Å². The molecular formula is C45H32. The van der Waals surface area contributed by atoms with Crippen molar-refractivity contribution >= 4 is 32.3 Å². The Bertz CT molecular complexity index is 2390. The van der Waals surface area contributed by atoms with Gasteiger partial charge in [0.05, 0.1) is 0 Å². The number of hydrogen-bond acceptors (Lipinski definition) is 0. The van der Waals surface area contributed by atoms with E-state index in [1.54, 1.807) is 0 Å². The molecule has 0 aromatic heterocycles. The lowest BCUT2D eigenvalue weighted by molar-refractivity contribution is 0.660. The van der Waals surface area contributed by atoms with Crippen molar-refractivity contribution in [3.05, 3.63) is 169 Å². The number of fused-ring (bicyclic) bond motifs is 6. The van der Waals surface area contributed by atoms with Gasteiger partial charge in [0, 0.05) is 5.41 Å². The first-order valence-electron chi connectivity index (χ1n) is 15.9. The van der Waals surface area contributed by atoms with Crippen molar-refractivity contribution in [3.8, 4) is 44.5 Å². The lowest BCUT2D eigenvalue weighted by Crippen LogP contribution is -2.14. The second-order valence-electron chi connectivity index (χ2n) is 12.9. The molecular weight excluding hydrogens is 540 g/mol. The van der Waals surface area contributed by atoms with Crippen molar-refractivity contribution in [2.75, 3.05) is 0 Å². The third-order valence-electron chi connectivity index (χ3n) is 10.1. The minimum absolute atomic E-state index is 0.0244. The van der Waals surface area contributed by atoms with E-state index in [2.05, 4.69) is 172 Å². The molecule has 0 saturated carbocycles. The van der Waals surface area contributed by atoms with Crippen molar-refractivity contribution in [3.63, 3.8) is 0 Å². The normalized spacial score (nSPS) is 13.3. The van der Waals surface area contributed by atoms with Crippen molar-refractivity contribution < 1.29 is 0 Å². The molecule has 0 bridgehead atoms. The highest BCUT2D eigenvalue weighted by Gasteiger charge is 2.35. The number of hydrogen-bond donors (Lipinski definition) is 0. The monoisotopic (exact) mass is 572 g/mol. The Morgan fingerprint density at radius 2 is 0.844 bits per heavy atom. The van der Waals surface area contributed by atoms with Crippen LogP contribution in [0.15, 0.2) is 158 Å². The first-order valence-corrected chi connectivity index (χ1v) is 15.9. The molecule has 0 N–H and O–H groups in total. The number of rotatable bonds is 3. The van der Waals surface area contributed by atoms with Crippen LogP contribution in [-0.2, 0) is 5.41 Å². The molecule has 0 radical (unpaired) electrons. The van der Waals surface area contributed by atoms with Gasteiger partial charge in [0.1, 0.15) is 0 Å². The molecule has 0 amide bonds. The Balaban J connectivity index is 1.27. The van der Waals surface area contributed by atoms with Crippen LogP contribution >= 0.6 is 0 Å². The summed E-state index contributed by atoms with van der Waals surface area (Å²) in [6.45, 7) is 4.71. The fourth-order valence-electron chi connectivity index (χ4n) is 7.91. The predicted molar refractivity (Wildman–Crippen MR) is 193 cm³/mol. The molecule has 0 nitrogen and oxygen atoms in total. The average molecular weight is 573 g/mol. The minimum Gasteiger partial charge on any atom is -0.0619 e. The average Bonchev–Trinajstić information content (AvgIpc) is 3.32. The van der Waals surface area contributed by atoms with Crippen LogP contribution in [0.25, 0.3) is 76.8 Å². The van der Waals surface area contributed by atoms with E-state index in [1.807, 2.05) is 0 Å². The first-order chi connectivity index (χ1) is 22.1. The van der Waals surface area contributed by atoms with Gasteiger partial charge >= 0.3 is 0 Å². The van der Waals surface area contributed by atoms with Gasteiger partial charge in [0.25, 0.3) is 0 Å². The molecule has 0 unspecified atom stereocenters. The van der Waals surface area contributed by atoms with E-state index in [9.17, 15) is 0 Å². The topological polar surface area (TPSA) is 0 Å². The molecule has 0 spiro atoms. The molecule has 8 aromatic rings. The maximum absolute atomic E-state index is 2.42. The zero-order chi connectivity index (χ0) is 30.1. The Morgan fingerprint density at radius 3 is 1.60 bits per heavy atom. The van der Waals surface area contributed by atoms with Gasteiger partial charge in [-0.05, 0) is 100 Å². The lowest BCUT2D eigenvalue weighted by Gasteiger charge is -2.22. The van der Waals surface area contributed by atoms with Crippen LogP contribution in [0.4, 0.5) is 0 Å². The standard InChI is InChI=1S/C45H32/c1-45(2)41-24-10-9-18-34(41)35-26-25-31(28-42(35)45)30-15-11-16-32(27-30)43-37-19-5-7-21-39(37)44(40-22-8-6-20-38(40)43)36-23-12-14-29-13-3-4-17-33(29)36/h3-28H,1-2H3. The summed E-state index contributed by atoms with van der Waals surface area (Å²) in [4.78, 5) is 0. The van der Waals surface area contributed by atoms with Gasteiger partial charge in [0.15, 0.2) is 0 Å². The maximum Gasteiger partial charge on any atom is 0.0159 e. The van der Waals surface area contributed by atoms with Crippen LogP contribution in [0.1, 0.15) is 25.0 Å². The smallest absolute Gasteiger partial charge is 0.0159 e. The van der Waals surface area contributed by atoms with Crippen molar-refractivity contribution in [2.24, 2.45) is 0 Å². The fraction of sp³-hybridized carbons (Fsp3) is 0.0667. The summed E-state index contributed by atoms with van der Waals surface area (Å²) in [5.74, 6) is 0. The summed E-state index contributed by atoms with van der Waals surface area (Å²) in [6.07, 6.45) is 0. The van der Waals surface area contributed by atoms with Gasteiger partial charge in [-0.25, -0.2) is 0 Å². The zero-order valence-corrected chi connectivity index (χ0v) is 25.5. The van der Waals surface area contributed by atoms with Gasteiger partial charge in [0.2, 0.25) is 0 Å². The van der Waals surface area contributed by atoms with Crippen LogP contribution in [0, 0.1) is 0 Å². The molecule has 0 fully saturated rings. The zero-order valence-electron chi connectivity index (χ0n) is 25.5. The largest absolute Gasteiger partial charge is 0.0619 e. The highest BCUT2D eigenvalue weighted by atomic mass is 14.4. The third-order valence-corrected chi connectivity index (χ3v) is 10.1. The molecule has 1 aliphatic rings. The van der Waals surface area contributed by atoms with E-state index >= 15 is 0 Å². The Morgan fingerprint density at radius 1 is 0.333 bits per heavy atom. The lowest BCUT2D eigenvalue weighted by atomic mass is 9.81. The Kier molecular flexibility index (Phi) is 5.64. The molecule has 0 aliphatic heterocycles.